The van der Waals surface area contributed by atoms with Crippen LogP contribution in [0.5, 0.6) is 0 Å². The lowest BCUT2D eigenvalue weighted by molar-refractivity contribution is 0.282. The summed E-state index contributed by atoms with van der Waals surface area (Å²) in [4.78, 5) is 16.6. The van der Waals surface area contributed by atoms with Crippen molar-refractivity contribution in [3.05, 3.63) is 46.5 Å². The number of nitrogens with zero attached hydrogens (tertiary/aromatic N) is 2. The molecule has 2 aromatic heterocycles. The highest BCUT2D eigenvalue weighted by Gasteiger charge is 2.33. The van der Waals surface area contributed by atoms with E-state index in [0.717, 1.165) is 5.69 Å². The monoisotopic (exact) mass is 271 g/mol. The van der Waals surface area contributed by atoms with Crippen molar-refractivity contribution in [1.82, 2.24) is 14.7 Å². The average Bonchev–Trinajstić information content (AvgIpc) is 2.75. The third kappa shape index (κ3) is 2.48. The second-order valence-corrected chi connectivity index (χ2v) is 6.33. The minimum absolute atomic E-state index is 0.0157. The number of hydrogen-bond acceptors (Lipinski definition) is 3. The average molecular weight is 271 g/mol. The molecule has 0 radical (unpaired) electrons. The van der Waals surface area contributed by atoms with Gasteiger partial charge in [-0.1, -0.05) is 26.3 Å². The molecule has 4 heteroatoms. The van der Waals surface area contributed by atoms with Crippen LogP contribution >= 0.6 is 0 Å². The Labute approximate surface area is 118 Å². The second kappa shape index (κ2) is 5.02. The molecule has 0 aliphatic heterocycles. The summed E-state index contributed by atoms with van der Waals surface area (Å²) in [6.45, 7) is 5.27. The molecule has 1 N–H and O–H groups in total. The third-order valence-electron chi connectivity index (χ3n) is 4.41. The van der Waals surface area contributed by atoms with Crippen molar-refractivity contribution in [2.75, 3.05) is 0 Å². The second-order valence-electron chi connectivity index (χ2n) is 6.33. The Hall–Kier alpha value is -1.68. The smallest absolute Gasteiger partial charge is 0.258 e. The van der Waals surface area contributed by atoms with Crippen LogP contribution < -0.4 is 10.9 Å². The highest BCUT2D eigenvalue weighted by atomic mass is 16.1. The predicted octanol–water partition coefficient (Wildman–Crippen LogP) is 2.36. The van der Waals surface area contributed by atoms with E-state index in [1.54, 1.807) is 16.7 Å². The van der Waals surface area contributed by atoms with E-state index in [4.69, 9.17) is 0 Å². The summed E-state index contributed by atoms with van der Waals surface area (Å²) in [5, 5.41) is 3.57. The summed E-state index contributed by atoms with van der Waals surface area (Å²) in [5.74, 6) is 0. The van der Waals surface area contributed by atoms with E-state index in [1.165, 1.54) is 19.3 Å². The van der Waals surface area contributed by atoms with Crippen LogP contribution in [0.25, 0.3) is 5.65 Å². The Bertz CT molecular complexity index is 675. The lowest BCUT2D eigenvalue weighted by atomic mass is 9.87. The fourth-order valence-corrected chi connectivity index (χ4v) is 3.13. The van der Waals surface area contributed by atoms with Gasteiger partial charge in [-0.3, -0.25) is 9.20 Å². The number of nitrogens with one attached hydrogen (secondary N) is 1. The zero-order valence-corrected chi connectivity index (χ0v) is 12.1. The Morgan fingerprint density at radius 2 is 2.30 bits per heavy atom. The molecule has 1 saturated carbocycles. The van der Waals surface area contributed by atoms with Crippen LogP contribution in [0, 0.1) is 5.41 Å². The first kappa shape index (κ1) is 13.3. The van der Waals surface area contributed by atoms with Gasteiger partial charge in [-0.15, -0.1) is 0 Å². The summed E-state index contributed by atoms with van der Waals surface area (Å²) in [7, 11) is 0. The molecule has 0 amide bonds. The number of pyridine rings is 1. The Balaban J connectivity index is 1.80. The van der Waals surface area contributed by atoms with Crippen molar-refractivity contribution in [2.45, 2.75) is 45.7 Å². The van der Waals surface area contributed by atoms with Gasteiger partial charge in [0.05, 0.1) is 5.69 Å². The zero-order chi connectivity index (χ0) is 14.2. The molecular weight excluding hydrogens is 250 g/mol. The van der Waals surface area contributed by atoms with Crippen LogP contribution in [-0.2, 0) is 6.54 Å². The van der Waals surface area contributed by atoms with E-state index >= 15 is 0 Å². The van der Waals surface area contributed by atoms with Crippen molar-refractivity contribution >= 4 is 5.65 Å². The van der Waals surface area contributed by atoms with Crippen molar-refractivity contribution in [3.63, 3.8) is 0 Å². The summed E-state index contributed by atoms with van der Waals surface area (Å²) in [6.07, 6.45) is 5.50. The molecule has 106 valence electrons. The van der Waals surface area contributed by atoms with E-state index in [0.29, 0.717) is 23.6 Å². The van der Waals surface area contributed by atoms with Gasteiger partial charge in [0.25, 0.3) is 5.56 Å². The standard InChI is InChI=1S/C16H21N3O/c1-16(2)8-5-6-13(16)17-11-12-10-15(20)19-9-4-3-7-14(19)18-12/h3-4,7,9-10,13,17H,5-6,8,11H2,1-2H3. The third-order valence-corrected chi connectivity index (χ3v) is 4.41. The summed E-state index contributed by atoms with van der Waals surface area (Å²) in [5.41, 5.74) is 1.86. The van der Waals surface area contributed by atoms with E-state index in [2.05, 4.69) is 24.1 Å². The van der Waals surface area contributed by atoms with Gasteiger partial charge in [0, 0.05) is 24.8 Å². The van der Waals surface area contributed by atoms with Crippen LogP contribution in [0.15, 0.2) is 35.3 Å². The molecule has 0 bridgehead atoms. The van der Waals surface area contributed by atoms with Gasteiger partial charge >= 0.3 is 0 Å². The minimum Gasteiger partial charge on any atom is -0.308 e. The molecule has 4 nitrogen and oxygen atoms in total. The van der Waals surface area contributed by atoms with E-state index in [9.17, 15) is 4.79 Å². The predicted molar refractivity (Wildman–Crippen MR) is 79.7 cm³/mol. The number of hydrogen-bond donors (Lipinski definition) is 1. The molecule has 2 heterocycles. The van der Waals surface area contributed by atoms with Crippen molar-refractivity contribution < 1.29 is 0 Å². The molecule has 0 spiro atoms. The number of rotatable bonds is 3. The molecule has 1 unspecified atom stereocenters. The summed E-state index contributed by atoms with van der Waals surface area (Å²) < 4.78 is 1.57. The van der Waals surface area contributed by atoms with Crippen LogP contribution in [-0.4, -0.2) is 15.4 Å². The number of aromatic nitrogens is 2. The molecule has 20 heavy (non-hydrogen) atoms. The lowest BCUT2D eigenvalue weighted by Crippen LogP contribution is -2.37. The van der Waals surface area contributed by atoms with Crippen molar-refractivity contribution in [1.29, 1.82) is 0 Å². The molecule has 1 aliphatic carbocycles. The SMILES string of the molecule is CC1(C)CCCC1NCc1cc(=O)n2ccccc2n1. The lowest BCUT2D eigenvalue weighted by Gasteiger charge is -2.27. The Morgan fingerprint density at radius 1 is 1.45 bits per heavy atom. The van der Waals surface area contributed by atoms with Crippen LogP contribution in [0.4, 0.5) is 0 Å². The topological polar surface area (TPSA) is 46.4 Å². The highest BCUT2D eigenvalue weighted by molar-refractivity contribution is 5.37. The van der Waals surface area contributed by atoms with Gasteiger partial charge in [0.2, 0.25) is 0 Å². The summed E-state index contributed by atoms with van der Waals surface area (Å²) >= 11 is 0. The molecule has 0 aromatic carbocycles. The van der Waals surface area contributed by atoms with Crippen molar-refractivity contribution in [3.8, 4) is 0 Å². The van der Waals surface area contributed by atoms with Crippen LogP contribution in [0.3, 0.4) is 0 Å². The maximum atomic E-state index is 12.0. The first-order chi connectivity index (χ1) is 9.56. The maximum Gasteiger partial charge on any atom is 0.258 e. The van der Waals surface area contributed by atoms with Crippen LogP contribution in [0.1, 0.15) is 38.8 Å². The zero-order valence-electron chi connectivity index (χ0n) is 12.1. The molecule has 1 aliphatic rings. The van der Waals surface area contributed by atoms with Crippen LogP contribution in [0.2, 0.25) is 0 Å². The van der Waals surface area contributed by atoms with Gasteiger partial charge in [-0.25, -0.2) is 4.98 Å². The molecule has 0 saturated heterocycles. The van der Waals surface area contributed by atoms with E-state index < -0.39 is 0 Å². The van der Waals surface area contributed by atoms with E-state index in [-0.39, 0.29) is 5.56 Å². The Morgan fingerprint density at radius 3 is 3.05 bits per heavy atom. The van der Waals surface area contributed by atoms with Gasteiger partial charge < -0.3 is 5.32 Å². The molecule has 1 fully saturated rings. The fraction of sp³-hybridized carbons (Fsp3) is 0.500. The number of fused-ring (bicyclic) bond motifs is 1. The minimum atomic E-state index is -0.0157. The Kier molecular flexibility index (Phi) is 3.34. The quantitative estimate of drug-likeness (QED) is 0.932. The maximum absolute atomic E-state index is 12.0. The van der Waals surface area contributed by atoms with Gasteiger partial charge in [0.15, 0.2) is 0 Å². The molecule has 2 aromatic rings. The van der Waals surface area contributed by atoms with E-state index in [1.807, 2.05) is 18.2 Å². The first-order valence-electron chi connectivity index (χ1n) is 7.27. The first-order valence-corrected chi connectivity index (χ1v) is 7.27. The molecular formula is C16H21N3O. The van der Waals surface area contributed by atoms with Crippen molar-refractivity contribution in [2.24, 2.45) is 5.41 Å². The fourth-order valence-electron chi connectivity index (χ4n) is 3.13. The largest absolute Gasteiger partial charge is 0.308 e. The normalized spacial score (nSPS) is 21.4. The van der Waals surface area contributed by atoms with Gasteiger partial charge in [-0.2, -0.15) is 0 Å². The molecule has 3 rings (SSSR count). The van der Waals surface area contributed by atoms with Gasteiger partial charge in [-0.05, 0) is 30.4 Å². The van der Waals surface area contributed by atoms with Gasteiger partial charge in [0.1, 0.15) is 5.65 Å². The molecule has 1 atom stereocenters. The summed E-state index contributed by atoms with van der Waals surface area (Å²) in [6, 6.07) is 7.75. The highest BCUT2D eigenvalue weighted by Crippen LogP contribution is 2.37.